The molecule has 2 fully saturated rings. The number of hydrogen-bond acceptors (Lipinski definition) is 4. The Labute approximate surface area is 198 Å². The zero-order chi connectivity index (χ0) is 24.5. The first-order valence-electron chi connectivity index (χ1n) is 11.5. The van der Waals surface area contributed by atoms with E-state index in [2.05, 4.69) is 4.90 Å². The van der Waals surface area contributed by atoms with E-state index in [0.29, 0.717) is 19.6 Å². The standard InChI is InChI=1S/C25H29F3N2O3S/c1-34(32,33)22-9-5-8-21(16-22)29-14-15-30(23(17-29)18-6-3-2-4-7-18)24(31)19-10-12-20(13-11-19)25(26,27)28/h2-9,16,19-20,23H,10-15,17H2,1H3/t19?,20?,23-/m0/s1. The molecule has 9 heteroatoms. The van der Waals surface area contributed by atoms with E-state index >= 15 is 0 Å². The molecule has 0 bridgehead atoms. The summed E-state index contributed by atoms with van der Waals surface area (Å²) in [6.07, 6.45) is -2.54. The Morgan fingerprint density at radius 1 is 0.941 bits per heavy atom. The monoisotopic (exact) mass is 494 g/mol. The van der Waals surface area contributed by atoms with Gasteiger partial charge in [-0.05, 0) is 49.4 Å². The SMILES string of the molecule is CS(=O)(=O)c1cccc(N2CCN(C(=O)C3CCC(C(F)(F)F)CC3)[C@H](c3ccccc3)C2)c1. The number of nitrogens with zero attached hydrogens (tertiary/aromatic N) is 2. The van der Waals surface area contributed by atoms with Crippen LogP contribution in [0.3, 0.4) is 0 Å². The molecule has 1 saturated heterocycles. The van der Waals surface area contributed by atoms with Crippen LogP contribution in [0.4, 0.5) is 18.9 Å². The van der Waals surface area contributed by atoms with Crippen LogP contribution >= 0.6 is 0 Å². The number of carbonyl (C=O) groups excluding carboxylic acids is 1. The van der Waals surface area contributed by atoms with Gasteiger partial charge < -0.3 is 9.80 Å². The molecule has 0 radical (unpaired) electrons. The highest BCUT2D eigenvalue weighted by Gasteiger charge is 2.44. The lowest BCUT2D eigenvalue weighted by Crippen LogP contribution is -2.52. The minimum Gasteiger partial charge on any atom is -0.367 e. The maximum Gasteiger partial charge on any atom is 0.391 e. The predicted molar refractivity (Wildman–Crippen MR) is 124 cm³/mol. The number of rotatable bonds is 4. The van der Waals surface area contributed by atoms with Crippen LogP contribution in [0.1, 0.15) is 37.3 Å². The van der Waals surface area contributed by atoms with Gasteiger partial charge in [-0.1, -0.05) is 36.4 Å². The fourth-order valence-electron chi connectivity index (χ4n) is 5.05. The van der Waals surface area contributed by atoms with Crippen molar-refractivity contribution in [1.29, 1.82) is 0 Å². The second kappa shape index (κ2) is 9.60. The summed E-state index contributed by atoms with van der Waals surface area (Å²) < 4.78 is 63.3. The molecule has 1 amide bonds. The maximum absolute atomic E-state index is 13.5. The third-order valence-corrected chi connectivity index (χ3v) is 8.11. The molecule has 2 aliphatic rings. The summed E-state index contributed by atoms with van der Waals surface area (Å²) in [7, 11) is -3.35. The molecule has 184 valence electrons. The number of anilines is 1. The van der Waals surface area contributed by atoms with Crippen LogP contribution in [0, 0.1) is 11.8 Å². The van der Waals surface area contributed by atoms with Crippen molar-refractivity contribution in [3.63, 3.8) is 0 Å². The minimum atomic E-state index is -4.20. The van der Waals surface area contributed by atoms with E-state index in [0.717, 1.165) is 11.3 Å². The molecule has 2 aromatic rings. The molecule has 0 N–H and O–H groups in total. The molecule has 2 aromatic carbocycles. The average Bonchev–Trinajstić information content (AvgIpc) is 2.83. The Morgan fingerprint density at radius 3 is 2.24 bits per heavy atom. The van der Waals surface area contributed by atoms with Crippen LogP contribution < -0.4 is 4.90 Å². The first-order chi connectivity index (χ1) is 16.0. The lowest BCUT2D eigenvalue weighted by molar-refractivity contribution is -0.185. The highest BCUT2D eigenvalue weighted by Crippen LogP contribution is 2.41. The van der Waals surface area contributed by atoms with E-state index < -0.39 is 27.8 Å². The number of sulfone groups is 1. The van der Waals surface area contributed by atoms with Crippen molar-refractivity contribution < 1.29 is 26.4 Å². The second-order valence-electron chi connectivity index (χ2n) is 9.26. The number of alkyl halides is 3. The molecule has 1 aliphatic heterocycles. The molecular weight excluding hydrogens is 465 g/mol. The zero-order valence-corrected chi connectivity index (χ0v) is 19.9. The number of hydrogen-bond donors (Lipinski definition) is 0. The summed E-state index contributed by atoms with van der Waals surface area (Å²) in [6.45, 7) is 1.40. The lowest BCUT2D eigenvalue weighted by atomic mass is 9.80. The van der Waals surface area contributed by atoms with Gasteiger partial charge in [-0.3, -0.25) is 4.79 Å². The Kier molecular flexibility index (Phi) is 6.94. The van der Waals surface area contributed by atoms with Crippen molar-refractivity contribution in [3.05, 3.63) is 60.2 Å². The number of benzene rings is 2. The Balaban J connectivity index is 1.55. The average molecular weight is 495 g/mol. The summed E-state index contributed by atoms with van der Waals surface area (Å²) in [5.41, 5.74) is 1.71. The summed E-state index contributed by atoms with van der Waals surface area (Å²) in [4.78, 5) is 17.6. The van der Waals surface area contributed by atoms with E-state index in [1.807, 2.05) is 41.3 Å². The van der Waals surface area contributed by atoms with Crippen molar-refractivity contribution in [2.45, 2.75) is 42.8 Å². The smallest absolute Gasteiger partial charge is 0.367 e. The van der Waals surface area contributed by atoms with Crippen molar-refractivity contribution in [3.8, 4) is 0 Å². The van der Waals surface area contributed by atoms with Crippen LogP contribution in [0.15, 0.2) is 59.5 Å². The highest BCUT2D eigenvalue weighted by molar-refractivity contribution is 7.90. The van der Waals surface area contributed by atoms with Crippen molar-refractivity contribution in [2.24, 2.45) is 11.8 Å². The molecule has 5 nitrogen and oxygen atoms in total. The van der Waals surface area contributed by atoms with Gasteiger partial charge in [-0.25, -0.2) is 8.42 Å². The van der Waals surface area contributed by atoms with Gasteiger partial charge in [0.05, 0.1) is 16.9 Å². The topological polar surface area (TPSA) is 57.7 Å². The fourth-order valence-corrected chi connectivity index (χ4v) is 5.72. The van der Waals surface area contributed by atoms with Gasteiger partial charge in [0.2, 0.25) is 5.91 Å². The number of halogens is 3. The fraction of sp³-hybridized carbons (Fsp3) is 0.480. The van der Waals surface area contributed by atoms with Crippen LogP contribution in [-0.4, -0.2) is 51.3 Å². The van der Waals surface area contributed by atoms with Gasteiger partial charge in [0.15, 0.2) is 9.84 Å². The summed E-state index contributed by atoms with van der Waals surface area (Å²) in [6, 6.07) is 16.1. The van der Waals surface area contributed by atoms with Gasteiger partial charge in [-0.2, -0.15) is 13.2 Å². The Hall–Kier alpha value is -2.55. The van der Waals surface area contributed by atoms with Crippen LogP contribution in [-0.2, 0) is 14.6 Å². The van der Waals surface area contributed by atoms with Crippen molar-refractivity contribution in [1.82, 2.24) is 4.90 Å². The van der Waals surface area contributed by atoms with Gasteiger partial charge in [0.25, 0.3) is 0 Å². The van der Waals surface area contributed by atoms with E-state index in [1.54, 1.807) is 18.2 Å². The van der Waals surface area contributed by atoms with E-state index in [1.165, 1.54) is 6.26 Å². The first kappa shape index (κ1) is 24.6. The molecule has 1 atom stereocenters. The van der Waals surface area contributed by atoms with Crippen molar-refractivity contribution in [2.75, 3.05) is 30.8 Å². The predicted octanol–water partition coefficient (Wildman–Crippen LogP) is 4.85. The number of carbonyl (C=O) groups is 1. The molecule has 1 aliphatic carbocycles. The van der Waals surface area contributed by atoms with Crippen molar-refractivity contribution >= 4 is 21.4 Å². The highest BCUT2D eigenvalue weighted by atomic mass is 32.2. The van der Waals surface area contributed by atoms with Crippen LogP contribution in [0.5, 0.6) is 0 Å². The molecule has 1 heterocycles. The lowest BCUT2D eigenvalue weighted by Gasteiger charge is -2.44. The summed E-state index contributed by atoms with van der Waals surface area (Å²) in [5.74, 6) is -1.80. The van der Waals surface area contributed by atoms with E-state index in [9.17, 15) is 26.4 Å². The summed E-state index contributed by atoms with van der Waals surface area (Å²) >= 11 is 0. The maximum atomic E-state index is 13.5. The quantitative estimate of drug-likeness (QED) is 0.610. The Morgan fingerprint density at radius 2 is 1.62 bits per heavy atom. The number of piperazine rings is 1. The van der Waals surface area contributed by atoms with Gasteiger partial charge in [0, 0.05) is 37.5 Å². The summed E-state index contributed by atoms with van der Waals surface area (Å²) in [5, 5.41) is 0. The molecular formula is C25H29F3N2O3S. The Bertz CT molecular complexity index is 1110. The third-order valence-electron chi connectivity index (χ3n) is 7.00. The van der Waals surface area contributed by atoms with Gasteiger partial charge in [0.1, 0.15) is 0 Å². The van der Waals surface area contributed by atoms with Gasteiger partial charge >= 0.3 is 6.18 Å². The minimum absolute atomic E-state index is 0.00579. The largest absolute Gasteiger partial charge is 0.391 e. The molecule has 0 aromatic heterocycles. The third kappa shape index (κ3) is 5.40. The molecule has 0 unspecified atom stereocenters. The van der Waals surface area contributed by atoms with Crippen LogP contribution in [0.25, 0.3) is 0 Å². The number of amides is 1. The molecule has 1 saturated carbocycles. The van der Waals surface area contributed by atoms with E-state index in [-0.39, 0.29) is 42.5 Å². The zero-order valence-electron chi connectivity index (χ0n) is 19.0. The second-order valence-corrected chi connectivity index (χ2v) is 11.3. The van der Waals surface area contributed by atoms with Crippen LogP contribution in [0.2, 0.25) is 0 Å². The van der Waals surface area contributed by atoms with Gasteiger partial charge in [-0.15, -0.1) is 0 Å². The molecule has 0 spiro atoms. The first-order valence-corrected chi connectivity index (χ1v) is 13.4. The van der Waals surface area contributed by atoms with E-state index in [4.69, 9.17) is 0 Å². The molecule has 34 heavy (non-hydrogen) atoms. The normalized spacial score (nSPS) is 24.2. The molecule has 4 rings (SSSR count).